The Kier molecular flexibility index (Phi) is 5.16. The van der Waals surface area contributed by atoms with Crippen molar-refractivity contribution in [3.05, 3.63) is 11.3 Å². The number of hydrogen-bond acceptors (Lipinski definition) is 4. The van der Waals surface area contributed by atoms with Crippen molar-refractivity contribution in [2.24, 2.45) is 7.05 Å². The third-order valence-corrected chi connectivity index (χ3v) is 3.13. The van der Waals surface area contributed by atoms with Gasteiger partial charge in [0.15, 0.2) is 0 Å². The first-order valence-electron chi connectivity index (χ1n) is 6.85. The average molecular weight is 281 g/mol. The summed E-state index contributed by atoms with van der Waals surface area (Å²) in [7, 11) is 5.46. The maximum atomic E-state index is 11.5. The molecule has 1 rings (SSSR count). The third-order valence-electron chi connectivity index (χ3n) is 3.13. The Morgan fingerprint density at radius 1 is 1.40 bits per heavy atom. The van der Waals surface area contributed by atoms with Crippen molar-refractivity contribution < 1.29 is 4.79 Å². The summed E-state index contributed by atoms with van der Waals surface area (Å²) in [4.78, 5) is 13.5. The Morgan fingerprint density at radius 2 is 2.00 bits per heavy atom. The Balaban J connectivity index is 2.97. The van der Waals surface area contributed by atoms with Crippen molar-refractivity contribution in [1.29, 1.82) is 0 Å². The van der Waals surface area contributed by atoms with Gasteiger partial charge in [-0.05, 0) is 27.7 Å². The lowest BCUT2D eigenvalue weighted by molar-refractivity contribution is -0.119. The van der Waals surface area contributed by atoms with Gasteiger partial charge >= 0.3 is 0 Å². The molecule has 0 bridgehead atoms. The lowest BCUT2D eigenvalue weighted by atomic mass is 10.1. The van der Waals surface area contributed by atoms with Crippen LogP contribution >= 0.6 is 0 Å². The number of nitrogens with zero attached hydrogens (tertiary/aromatic N) is 3. The molecule has 0 radical (unpaired) electrons. The van der Waals surface area contributed by atoms with Crippen LogP contribution in [0.15, 0.2) is 0 Å². The first-order chi connectivity index (χ1) is 9.15. The fourth-order valence-corrected chi connectivity index (χ4v) is 2.10. The molecule has 114 valence electrons. The number of aryl methyl sites for hydroxylation is 2. The summed E-state index contributed by atoms with van der Waals surface area (Å²) in [6.45, 7) is 9.44. The van der Waals surface area contributed by atoms with Crippen LogP contribution < -0.4 is 15.5 Å². The Morgan fingerprint density at radius 3 is 2.50 bits per heavy atom. The van der Waals surface area contributed by atoms with E-state index in [0.717, 1.165) is 23.6 Å². The van der Waals surface area contributed by atoms with Crippen molar-refractivity contribution >= 4 is 11.7 Å². The number of aromatic nitrogens is 2. The molecule has 0 aliphatic carbocycles. The SMILES string of the molecule is CNC(=O)CN(C)c1c(CNC(C)(C)C)c(C)nn1C. The highest BCUT2D eigenvalue weighted by Gasteiger charge is 2.20. The van der Waals surface area contributed by atoms with E-state index in [0.29, 0.717) is 6.54 Å². The van der Waals surface area contributed by atoms with Crippen molar-refractivity contribution in [2.45, 2.75) is 39.8 Å². The van der Waals surface area contributed by atoms with Gasteiger partial charge in [-0.25, -0.2) is 0 Å². The molecule has 0 unspecified atom stereocenters. The predicted molar refractivity (Wildman–Crippen MR) is 81.9 cm³/mol. The molecular weight excluding hydrogens is 254 g/mol. The summed E-state index contributed by atoms with van der Waals surface area (Å²) < 4.78 is 1.83. The summed E-state index contributed by atoms with van der Waals surface area (Å²) in [5.41, 5.74) is 2.16. The smallest absolute Gasteiger partial charge is 0.239 e. The number of anilines is 1. The minimum Gasteiger partial charge on any atom is -0.358 e. The van der Waals surface area contributed by atoms with Gasteiger partial charge in [-0.3, -0.25) is 9.48 Å². The van der Waals surface area contributed by atoms with Crippen LogP contribution in [0.25, 0.3) is 0 Å². The number of nitrogens with one attached hydrogen (secondary N) is 2. The number of rotatable bonds is 5. The fourth-order valence-electron chi connectivity index (χ4n) is 2.10. The van der Waals surface area contributed by atoms with Gasteiger partial charge in [-0.2, -0.15) is 5.10 Å². The number of amides is 1. The van der Waals surface area contributed by atoms with Crippen LogP contribution in [0.1, 0.15) is 32.0 Å². The van der Waals surface area contributed by atoms with Crippen LogP contribution in [-0.2, 0) is 18.4 Å². The number of hydrogen-bond donors (Lipinski definition) is 2. The molecule has 0 aromatic carbocycles. The van der Waals surface area contributed by atoms with Crippen LogP contribution in [0.3, 0.4) is 0 Å². The molecule has 1 heterocycles. The van der Waals surface area contributed by atoms with Crippen molar-refractivity contribution in [3.63, 3.8) is 0 Å². The van der Waals surface area contributed by atoms with E-state index in [4.69, 9.17) is 0 Å². The van der Waals surface area contributed by atoms with Crippen LogP contribution in [0, 0.1) is 6.92 Å². The van der Waals surface area contributed by atoms with Crippen LogP contribution in [0.2, 0.25) is 0 Å². The molecule has 2 N–H and O–H groups in total. The minimum atomic E-state index is -0.0129. The summed E-state index contributed by atoms with van der Waals surface area (Å²) in [5, 5.41) is 10.6. The van der Waals surface area contributed by atoms with Crippen molar-refractivity contribution in [3.8, 4) is 0 Å². The molecule has 20 heavy (non-hydrogen) atoms. The van der Waals surface area contributed by atoms with Gasteiger partial charge in [0.05, 0.1) is 12.2 Å². The Bertz CT molecular complexity index is 473. The molecule has 6 nitrogen and oxygen atoms in total. The van der Waals surface area contributed by atoms with E-state index in [-0.39, 0.29) is 11.4 Å². The van der Waals surface area contributed by atoms with Crippen molar-refractivity contribution in [1.82, 2.24) is 20.4 Å². The standard InChI is InChI=1S/C14H27N5O/c1-10-11(8-16-14(2,3)4)13(19(7)17-10)18(6)9-12(20)15-5/h16H,8-9H2,1-7H3,(H,15,20). The zero-order valence-corrected chi connectivity index (χ0v) is 13.7. The molecule has 0 aliphatic rings. The van der Waals surface area contributed by atoms with E-state index in [1.807, 2.05) is 30.6 Å². The zero-order chi connectivity index (χ0) is 15.5. The van der Waals surface area contributed by atoms with E-state index in [1.165, 1.54) is 0 Å². The quantitative estimate of drug-likeness (QED) is 0.838. The molecule has 1 aromatic heterocycles. The van der Waals surface area contributed by atoms with Crippen molar-refractivity contribution in [2.75, 3.05) is 25.5 Å². The van der Waals surface area contributed by atoms with E-state index >= 15 is 0 Å². The van der Waals surface area contributed by atoms with Gasteiger partial charge in [0.2, 0.25) is 5.91 Å². The highest BCUT2D eigenvalue weighted by Crippen LogP contribution is 2.22. The van der Waals surface area contributed by atoms with Crippen LogP contribution in [-0.4, -0.2) is 41.9 Å². The number of carbonyl (C=O) groups excluding carboxylic acids is 1. The lowest BCUT2D eigenvalue weighted by Gasteiger charge is -2.24. The summed E-state index contributed by atoms with van der Waals surface area (Å²) >= 11 is 0. The molecule has 0 saturated heterocycles. The lowest BCUT2D eigenvalue weighted by Crippen LogP contribution is -2.37. The molecule has 0 aliphatic heterocycles. The first kappa shape index (κ1) is 16.5. The number of carbonyl (C=O) groups is 1. The second kappa shape index (κ2) is 6.26. The van der Waals surface area contributed by atoms with Gasteiger partial charge in [0.25, 0.3) is 0 Å². The second-order valence-electron chi connectivity index (χ2n) is 6.14. The van der Waals surface area contributed by atoms with Gasteiger partial charge in [-0.1, -0.05) is 0 Å². The van der Waals surface area contributed by atoms with Gasteiger partial charge in [-0.15, -0.1) is 0 Å². The third kappa shape index (κ3) is 4.23. The first-order valence-corrected chi connectivity index (χ1v) is 6.85. The van der Waals surface area contributed by atoms with E-state index in [2.05, 4.69) is 36.5 Å². The second-order valence-corrected chi connectivity index (χ2v) is 6.14. The van der Waals surface area contributed by atoms with E-state index in [9.17, 15) is 4.79 Å². The summed E-state index contributed by atoms with van der Waals surface area (Å²) in [5.74, 6) is 0.962. The zero-order valence-electron chi connectivity index (χ0n) is 13.7. The minimum absolute atomic E-state index is 0.0129. The molecule has 1 aromatic rings. The molecule has 1 amide bonds. The van der Waals surface area contributed by atoms with E-state index < -0.39 is 0 Å². The highest BCUT2D eigenvalue weighted by atomic mass is 16.1. The maximum Gasteiger partial charge on any atom is 0.239 e. The maximum absolute atomic E-state index is 11.5. The van der Waals surface area contributed by atoms with Crippen LogP contribution in [0.4, 0.5) is 5.82 Å². The molecule has 6 heteroatoms. The molecule has 0 saturated carbocycles. The fraction of sp³-hybridized carbons (Fsp3) is 0.714. The Labute approximate surface area is 121 Å². The predicted octanol–water partition coefficient (Wildman–Crippen LogP) is 0.799. The molecular formula is C14H27N5O. The number of likely N-dealkylation sites (N-methyl/N-ethyl adjacent to an activating group) is 2. The normalized spacial score (nSPS) is 11.6. The highest BCUT2D eigenvalue weighted by molar-refractivity contribution is 5.80. The molecule has 0 fully saturated rings. The Hall–Kier alpha value is -1.56. The molecule has 0 spiro atoms. The molecule has 0 atom stereocenters. The summed E-state index contributed by atoms with van der Waals surface area (Å²) in [6, 6.07) is 0. The average Bonchev–Trinajstić information content (AvgIpc) is 2.59. The van der Waals surface area contributed by atoms with Gasteiger partial charge < -0.3 is 15.5 Å². The van der Waals surface area contributed by atoms with Gasteiger partial charge in [0.1, 0.15) is 5.82 Å². The van der Waals surface area contributed by atoms with Gasteiger partial charge in [0, 0.05) is 38.8 Å². The monoisotopic (exact) mass is 281 g/mol. The summed E-state index contributed by atoms with van der Waals surface area (Å²) in [6.07, 6.45) is 0. The van der Waals surface area contributed by atoms with E-state index in [1.54, 1.807) is 7.05 Å². The van der Waals surface area contributed by atoms with Crippen LogP contribution in [0.5, 0.6) is 0 Å². The topological polar surface area (TPSA) is 62.2 Å². The largest absolute Gasteiger partial charge is 0.358 e.